The van der Waals surface area contributed by atoms with Crippen LogP contribution >= 0.6 is 11.6 Å². The van der Waals surface area contributed by atoms with Crippen LogP contribution in [0.3, 0.4) is 0 Å². The van der Waals surface area contributed by atoms with Crippen molar-refractivity contribution in [3.8, 4) is 0 Å². The average molecular weight is 390 g/mol. The SMILES string of the molecule is CC(N)=C(C(=O)OCC(=O)c1ccccc1Cl)C(N)=Nc1ccc(F)cc1. The third-order valence-electron chi connectivity index (χ3n) is 3.44. The van der Waals surface area contributed by atoms with Crippen molar-refractivity contribution in [2.75, 3.05) is 6.61 Å². The minimum Gasteiger partial charge on any atom is -0.454 e. The molecule has 0 fully saturated rings. The highest BCUT2D eigenvalue weighted by Gasteiger charge is 2.20. The number of nitrogens with zero attached hydrogens (tertiary/aromatic N) is 1. The van der Waals surface area contributed by atoms with Gasteiger partial charge in [0.05, 0.1) is 10.7 Å². The molecule has 2 aromatic carbocycles. The molecular weight excluding hydrogens is 373 g/mol. The van der Waals surface area contributed by atoms with Crippen molar-refractivity contribution >= 4 is 34.9 Å². The van der Waals surface area contributed by atoms with Gasteiger partial charge in [0.1, 0.15) is 17.2 Å². The van der Waals surface area contributed by atoms with E-state index in [-0.39, 0.29) is 27.7 Å². The standard InChI is InChI=1S/C19H17ClFN3O3/c1-11(22)17(18(23)24-13-8-6-12(21)7-9-13)19(26)27-10-16(25)14-4-2-3-5-15(14)20/h2-9H,10,22H2,1H3,(H2,23,24). The molecule has 0 heterocycles. The van der Waals surface area contributed by atoms with Gasteiger partial charge in [-0.05, 0) is 43.3 Å². The van der Waals surface area contributed by atoms with Crippen molar-refractivity contribution in [1.29, 1.82) is 0 Å². The van der Waals surface area contributed by atoms with Gasteiger partial charge in [-0.15, -0.1) is 0 Å². The lowest BCUT2D eigenvalue weighted by molar-refractivity contribution is -0.137. The number of amidine groups is 1. The molecule has 0 aliphatic rings. The molecule has 140 valence electrons. The van der Waals surface area contributed by atoms with E-state index < -0.39 is 24.2 Å². The zero-order valence-corrected chi connectivity index (χ0v) is 15.2. The first-order chi connectivity index (χ1) is 12.8. The fourth-order valence-electron chi connectivity index (χ4n) is 2.15. The number of allylic oxidation sites excluding steroid dienone is 1. The maximum Gasteiger partial charge on any atom is 0.344 e. The predicted octanol–water partition coefficient (Wildman–Crippen LogP) is 3.13. The van der Waals surface area contributed by atoms with Crippen LogP contribution in [0.2, 0.25) is 5.02 Å². The second-order valence-electron chi connectivity index (χ2n) is 5.51. The summed E-state index contributed by atoms with van der Waals surface area (Å²) in [5.41, 5.74) is 12.0. The molecular formula is C19H17ClFN3O3. The Morgan fingerprint density at radius 1 is 1.11 bits per heavy atom. The van der Waals surface area contributed by atoms with Crippen LogP contribution < -0.4 is 11.5 Å². The molecule has 0 aliphatic heterocycles. The topological polar surface area (TPSA) is 108 Å². The Morgan fingerprint density at radius 2 is 1.74 bits per heavy atom. The molecule has 0 spiro atoms. The molecule has 0 aliphatic carbocycles. The first-order valence-corrected chi connectivity index (χ1v) is 8.18. The summed E-state index contributed by atoms with van der Waals surface area (Å²) in [5, 5.41) is 0.252. The van der Waals surface area contributed by atoms with Crippen LogP contribution in [0, 0.1) is 5.82 Å². The Labute approximate surface area is 160 Å². The van der Waals surface area contributed by atoms with Crippen LogP contribution in [-0.2, 0) is 9.53 Å². The largest absolute Gasteiger partial charge is 0.454 e. The molecule has 0 atom stereocenters. The summed E-state index contributed by atoms with van der Waals surface area (Å²) in [7, 11) is 0. The third-order valence-corrected chi connectivity index (χ3v) is 3.77. The molecule has 0 saturated heterocycles. The van der Waals surface area contributed by atoms with E-state index in [1.54, 1.807) is 18.2 Å². The summed E-state index contributed by atoms with van der Waals surface area (Å²) in [6.07, 6.45) is 0. The van der Waals surface area contributed by atoms with Gasteiger partial charge in [0.15, 0.2) is 6.61 Å². The smallest absolute Gasteiger partial charge is 0.344 e. The molecule has 0 saturated carbocycles. The molecule has 2 rings (SSSR count). The number of ether oxygens (including phenoxy) is 1. The molecule has 0 aromatic heterocycles. The van der Waals surface area contributed by atoms with Crippen LogP contribution in [-0.4, -0.2) is 24.2 Å². The highest BCUT2D eigenvalue weighted by molar-refractivity contribution is 6.34. The van der Waals surface area contributed by atoms with Crippen molar-refractivity contribution in [2.24, 2.45) is 16.5 Å². The van der Waals surface area contributed by atoms with Gasteiger partial charge in [-0.3, -0.25) is 4.79 Å². The van der Waals surface area contributed by atoms with E-state index in [0.717, 1.165) is 0 Å². The quantitative estimate of drug-likeness (QED) is 0.259. The van der Waals surface area contributed by atoms with Crippen molar-refractivity contribution in [2.45, 2.75) is 6.92 Å². The van der Waals surface area contributed by atoms with E-state index >= 15 is 0 Å². The van der Waals surface area contributed by atoms with Crippen LogP contribution in [0.4, 0.5) is 10.1 Å². The molecule has 0 bridgehead atoms. The van der Waals surface area contributed by atoms with Gasteiger partial charge >= 0.3 is 5.97 Å². The number of esters is 1. The maximum atomic E-state index is 13.0. The van der Waals surface area contributed by atoms with Gasteiger partial charge in [-0.2, -0.15) is 0 Å². The Balaban J connectivity index is 2.13. The van der Waals surface area contributed by atoms with Crippen molar-refractivity contribution in [1.82, 2.24) is 0 Å². The number of aliphatic imine (C=N–C) groups is 1. The van der Waals surface area contributed by atoms with Crippen molar-refractivity contribution in [3.63, 3.8) is 0 Å². The van der Waals surface area contributed by atoms with Gasteiger partial charge in [-0.1, -0.05) is 23.7 Å². The number of hydrogen-bond donors (Lipinski definition) is 2. The number of ketones is 1. The Kier molecular flexibility index (Phi) is 6.67. The monoisotopic (exact) mass is 389 g/mol. The van der Waals surface area contributed by atoms with Gasteiger partial charge in [0.2, 0.25) is 5.78 Å². The highest BCUT2D eigenvalue weighted by Crippen LogP contribution is 2.17. The summed E-state index contributed by atoms with van der Waals surface area (Å²) in [4.78, 5) is 28.5. The van der Waals surface area contributed by atoms with Crippen LogP contribution in [0.1, 0.15) is 17.3 Å². The summed E-state index contributed by atoms with van der Waals surface area (Å²) in [5.74, 6) is -2.02. The van der Waals surface area contributed by atoms with E-state index in [1.807, 2.05) is 0 Å². The zero-order valence-electron chi connectivity index (χ0n) is 14.4. The minimum atomic E-state index is -0.904. The molecule has 0 amide bonds. The number of carbonyl (C=O) groups is 2. The Hall–Kier alpha value is -3.19. The first-order valence-electron chi connectivity index (χ1n) is 7.81. The first kappa shape index (κ1) is 20.1. The molecule has 0 radical (unpaired) electrons. The van der Waals surface area contributed by atoms with Gasteiger partial charge in [0.25, 0.3) is 0 Å². The number of nitrogens with two attached hydrogens (primary N) is 2. The average Bonchev–Trinajstić information content (AvgIpc) is 2.62. The molecule has 8 heteroatoms. The summed E-state index contributed by atoms with van der Waals surface area (Å²) in [6.45, 7) is 0.905. The second kappa shape index (κ2) is 8.95. The van der Waals surface area contributed by atoms with Crippen molar-refractivity contribution in [3.05, 3.63) is 76.2 Å². The Morgan fingerprint density at radius 3 is 2.33 bits per heavy atom. The Bertz CT molecular complexity index is 920. The number of carbonyl (C=O) groups excluding carboxylic acids is 2. The molecule has 4 N–H and O–H groups in total. The van der Waals surface area contributed by atoms with Crippen LogP contribution in [0.5, 0.6) is 0 Å². The van der Waals surface area contributed by atoms with E-state index in [0.29, 0.717) is 5.69 Å². The highest BCUT2D eigenvalue weighted by atomic mass is 35.5. The van der Waals surface area contributed by atoms with E-state index in [4.69, 9.17) is 27.8 Å². The number of hydrogen-bond acceptors (Lipinski definition) is 5. The molecule has 0 unspecified atom stereocenters. The molecule has 27 heavy (non-hydrogen) atoms. The fraction of sp³-hybridized carbons (Fsp3) is 0.105. The third kappa shape index (κ3) is 5.39. The summed E-state index contributed by atoms with van der Waals surface area (Å²) in [6, 6.07) is 11.6. The van der Waals surface area contributed by atoms with Gasteiger partial charge in [0, 0.05) is 11.3 Å². The minimum absolute atomic E-state index is 0.0635. The fourth-order valence-corrected chi connectivity index (χ4v) is 2.39. The summed E-state index contributed by atoms with van der Waals surface area (Å²) < 4.78 is 18.0. The van der Waals surface area contributed by atoms with Gasteiger partial charge < -0.3 is 16.2 Å². The van der Waals surface area contributed by atoms with Gasteiger partial charge in [-0.25, -0.2) is 14.2 Å². The van der Waals surface area contributed by atoms with E-state index in [9.17, 15) is 14.0 Å². The van der Waals surface area contributed by atoms with Crippen molar-refractivity contribution < 1.29 is 18.7 Å². The number of halogens is 2. The second-order valence-corrected chi connectivity index (χ2v) is 5.92. The lowest BCUT2D eigenvalue weighted by atomic mass is 10.1. The molecule has 6 nitrogen and oxygen atoms in total. The predicted molar refractivity (Wildman–Crippen MR) is 101 cm³/mol. The normalized spacial score (nSPS) is 12.3. The van der Waals surface area contributed by atoms with E-state index in [2.05, 4.69) is 4.99 Å². The zero-order chi connectivity index (χ0) is 20.0. The number of rotatable bonds is 6. The van der Waals surface area contributed by atoms with Crippen LogP contribution in [0.15, 0.2) is 64.8 Å². The summed E-state index contributed by atoms with van der Waals surface area (Å²) >= 11 is 5.94. The lowest BCUT2D eigenvalue weighted by Crippen LogP contribution is -2.27. The number of Topliss-reactive ketones (excluding diaryl/α,β-unsaturated/α-hetero) is 1. The molecule has 2 aromatic rings. The van der Waals surface area contributed by atoms with Crippen LogP contribution in [0.25, 0.3) is 0 Å². The lowest BCUT2D eigenvalue weighted by Gasteiger charge is -2.10. The number of benzene rings is 2. The maximum absolute atomic E-state index is 13.0. The van der Waals surface area contributed by atoms with E-state index in [1.165, 1.54) is 37.3 Å².